The fourth-order valence-electron chi connectivity index (χ4n) is 2.16. The molecule has 22 heavy (non-hydrogen) atoms. The van der Waals surface area contributed by atoms with Crippen LogP contribution in [0.4, 0.5) is 5.69 Å². The predicted molar refractivity (Wildman–Crippen MR) is 83.4 cm³/mol. The van der Waals surface area contributed by atoms with Crippen LogP contribution in [0.25, 0.3) is 0 Å². The third-order valence-corrected chi connectivity index (χ3v) is 3.24. The second kappa shape index (κ2) is 6.89. The molecule has 1 amide bonds. The number of carbonyl (C=O) groups excluding carboxylic acids is 1. The fourth-order valence-corrected chi connectivity index (χ4v) is 2.16. The Kier molecular flexibility index (Phi) is 4.93. The highest BCUT2D eigenvalue weighted by molar-refractivity contribution is 5.93. The molecule has 0 aliphatic heterocycles. The largest absolute Gasteiger partial charge is 0.496 e. The van der Waals surface area contributed by atoms with E-state index in [-0.39, 0.29) is 18.3 Å². The number of methoxy groups -OCH3 is 2. The first-order valence-corrected chi connectivity index (χ1v) is 6.86. The summed E-state index contributed by atoms with van der Waals surface area (Å²) in [7, 11) is 3.09. The molecular formula is C16H19N3O3. The van der Waals surface area contributed by atoms with E-state index in [2.05, 4.69) is 15.3 Å². The van der Waals surface area contributed by atoms with E-state index in [1.54, 1.807) is 21.0 Å². The number of ether oxygens (including phenoxy) is 2. The summed E-state index contributed by atoms with van der Waals surface area (Å²) < 4.78 is 10.3. The highest BCUT2D eigenvalue weighted by Crippen LogP contribution is 2.21. The van der Waals surface area contributed by atoms with Crippen molar-refractivity contribution in [1.82, 2.24) is 9.97 Å². The SMILES string of the molecule is COc1nc(C)c(NC(=O)Cc2ccccc2OC)c(C)n1. The number of hydrogen-bond donors (Lipinski definition) is 1. The lowest BCUT2D eigenvalue weighted by Gasteiger charge is -2.12. The molecule has 1 N–H and O–H groups in total. The van der Waals surface area contributed by atoms with Gasteiger partial charge in [-0.05, 0) is 19.9 Å². The molecule has 0 unspecified atom stereocenters. The number of anilines is 1. The van der Waals surface area contributed by atoms with E-state index in [1.165, 1.54) is 7.11 Å². The maximum absolute atomic E-state index is 12.3. The van der Waals surface area contributed by atoms with E-state index < -0.39 is 0 Å². The molecule has 6 heteroatoms. The number of benzene rings is 1. The van der Waals surface area contributed by atoms with E-state index in [9.17, 15) is 4.79 Å². The minimum atomic E-state index is -0.149. The van der Waals surface area contributed by atoms with Crippen molar-refractivity contribution >= 4 is 11.6 Å². The van der Waals surface area contributed by atoms with Crippen LogP contribution in [0.2, 0.25) is 0 Å². The summed E-state index contributed by atoms with van der Waals surface area (Å²) in [6, 6.07) is 7.72. The van der Waals surface area contributed by atoms with Gasteiger partial charge in [-0.25, -0.2) is 0 Å². The van der Waals surface area contributed by atoms with Crippen LogP contribution in [-0.4, -0.2) is 30.1 Å². The highest BCUT2D eigenvalue weighted by atomic mass is 16.5. The van der Waals surface area contributed by atoms with Gasteiger partial charge in [-0.2, -0.15) is 9.97 Å². The van der Waals surface area contributed by atoms with Crippen molar-refractivity contribution in [2.24, 2.45) is 0 Å². The Morgan fingerprint density at radius 1 is 1.09 bits per heavy atom. The smallest absolute Gasteiger partial charge is 0.316 e. The number of rotatable bonds is 5. The van der Waals surface area contributed by atoms with Gasteiger partial charge in [-0.3, -0.25) is 4.79 Å². The standard InChI is InChI=1S/C16H19N3O3/c1-10-15(11(2)18-16(17-10)22-4)19-14(20)9-12-7-5-6-8-13(12)21-3/h5-8H,9H2,1-4H3,(H,19,20). The van der Waals surface area contributed by atoms with Gasteiger partial charge in [-0.15, -0.1) is 0 Å². The number of para-hydroxylation sites is 1. The van der Waals surface area contributed by atoms with E-state index in [1.807, 2.05) is 24.3 Å². The second-order valence-corrected chi connectivity index (χ2v) is 4.79. The van der Waals surface area contributed by atoms with Crippen LogP contribution in [0.15, 0.2) is 24.3 Å². The molecule has 1 heterocycles. The Labute approximate surface area is 129 Å². The van der Waals surface area contributed by atoms with Gasteiger partial charge in [0.1, 0.15) is 5.75 Å². The van der Waals surface area contributed by atoms with Gasteiger partial charge >= 0.3 is 6.01 Å². The lowest BCUT2D eigenvalue weighted by Crippen LogP contribution is -2.17. The van der Waals surface area contributed by atoms with Crippen LogP contribution in [0, 0.1) is 13.8 Å². The Morgan fingerprint density at radius 3 is 2.32 bits per heavy atom. The first-order chi connectivity index (χ1) is 10.5. The molecule has 0 fully saturated rings. The Balaban J connectivity index is 2.16. The van der Waals surface area contributed by atoms with Gasteiger partial charge in [0.2, 0.25) is 5.91 Å². The summed E-state index contributed by atoms with van der Waals surface area (Å²) in [5, 5.41) is 2.85. The molecule has 0 atom stereocenters. The zero-order valence-electron chi connectivity index (χ0n) is 13.1. The normalized spacial score (nSPS) is 10.2. The average Bonchev–Trinajstić information content (AvgIpc) is 2.51. The first-order valence-electron chi connectivity index (χ1n) is 6.86. The summed E-state index contributed by atoms with van der Waals surface area (Å²) in [4.78, 5) is 20.6. The molecule has 116 valence electrons. The fraction of sp³-hybridized carbons (Fsp3) is 0.312. The molecule has 0 aliphatic carbocycles. The Hall–Kier alpha value is -2.63. The summed E-state index contributed by atoms with van der Waals surface area (Å²) in [6.07, 6.45) is 0.217. The van der Waals surface area contributed by atoms with Crippen LogP contribution in [0.5, 0.6) is 11.8 Å². The molecule has 1 aromatic heterocycles. The van der Waals surface area contributed by atoms with Crippen LogP contribution < -0.4 is 14.8 Å². The topological polar surface area (TPSA) is 73.3 Å². The van der Waals surface area contributed by atoms with Crippen LogP contribution in [0.3, 0.4) is 0 Å². The van der Waals surface area contributed by atoms with Crippen molar-refractivity contribution in [1.29, 1.82) is 0 Å². The van der Waals surface area contributed by atoms with Crippen LogP contribution >= 0.6 is 0 Å². The minimum absolute atomic E-state index is 0.149. The van der Waals surface area contributed by atoms with Crippen LogP contribution in [-0.2, 0) is 11.2 Å². The third-order valence-electron chi connectivity index (χ3n) is 3.24. The molecule has 0 saturated carbocycles. The van der Waals surface area contributed by atoms with E-state index in [0.29, 0.717) is 22.8 Å². The molecule has 0 saturated heterocycles. The molecular weight excluding hydrogens is 282 g/mol. The number of aryl methyl sites for hydroxylation is 2. The van der Waals surface area contributed by atoms with Gasteiger partial charge < -0.3 is 14.8 Å². The monoisotopic (exact) mass is 301 g/mol. The van der Waals surface area contributed by atoms with Gasteiger partial charge in [0.25, 0.3) is 0 Å². The predicted octanol–water partition coefficient (Wildman–Crippen LogP) is 2.29. The summed E-state index contributed by atoms with van der Waals surface area (Å²) in [6.45, 7) is 3.60. The zero-order chi connectivity index (χ0) is 16.1. The number of hydrogen-bond acceptors (Lipinski definition) is 5. The zero-order valence-corrected chi connectivity index (χ0v) is 13.1. The molecule has 2 aromatic rings. The van der Waals surface area contributed by atoms with Crippen molar-refractivity contribution in [3.8, 4) is 11.8 Å². The summed E-state index contributed by atoms with van der Waals surface area (Å²) in [5.74, 6) is 0.543. The first kappa shape index (κ1) is 15.8. The number of aromatic nitrogens is 2. The number of amides is 1. The van der Waals surface area contributed by atoms with E-state index in [0.717, 1.165) is 5.56 Å². The molecule has 0 radical (unpaired) electrons. The second-order valence-electron chi connectivity index (χ2n) is 4.79. The Morgan fingerprint density at radius 2 is 1.73 bits per heavy atom. The van der Waals surface area contributed by atoms with E-state index in [4.69, 9.17) is 9.47 Å². The summed E-state index contributed by atoms with van der Waals surface area (Å²) in [5.41, 5.74) is 2.77. The maximum atomic E-state index is 12.3. The summed E-state index contributed by atoms with van der Waals surface area (Å²) >= 11 is 0. The minimum Gasteiger partial charge on any atom is -0.496 e. The molecule has 0 spiro atoms. The molecule has 2 rings (SSSR count). The van der Waals surface area contributed by atoms with Crippen molar-refractivity contribution < 1.29 is 14.3 Å². The maximum Gasteiger partial charge on any atom is 0.316 e. The van der Waals surface area contributed by atoms with Crippen molar-refractivity contribution in [2.45, 2.75) is 20.3 Å². The van der Waals surface area contributed by atoms with Crippen molar-refractivity contribution in [3.05, 3.63) is 41.2 Å². The van der Waals surface area contributed by atoms with Crippen molar-refractivity contribution in [3.63, 3.8) is 0 Å². The van der Waals surface area contributed by atoms with Crippen LogP contribution in [0.1, 0.15) is 17.0 Å². The van der Waals surface area contributed by atoms with Gasteiger partial charge in [0, 0.05) is 5.56 Å². The number of carbonyl (C=O) groups is 1. The number of nitrogens with one attached hydrogen (secondary N) is 1. The molecule has 0 aliphatic rings. The molecule has 0 bridgehead atoms. The number of nitrogens with zero attached hydrogens (tertiary/aromatic N) is 2. The van der Waals surface area contributed by atoms with E-state index >= 15 is 0 Å². The lowest BCUT2D eigenvalue weighted by atomic mass is 10.1. The van der Waals surface area contributed by atoms with Gasteiger partial charge in [-0.1, -0.05) is 18.2 Å². The van der Waals surface area contributed by atoms with Gasteiger partial charge in [0.05, 0.1) is 37.7 Å². The van der Waals surface area contributed by atoms with Gasteiger partial charge in [0.15, 0.2) is 0 Å². The Bertz CT molecular complexity index is 663. The third kappa shape index (κ3) is 3.52. The molecule has 6 nitrogen and oxygen atoms in total. The average molecular weight is 301 g/mol. The lowest BCUT2D eigenvalue weighted by molar-refractivity contribution is -0.115. The highest BCUT2D eigenvalue weighted by Gasteiger charge is 2.13. The van der Waals surface area contributed by atoms with Crippen molar-refractivity contribution in [2.75, 3.05) is 19.5 Å². The quantitative estimate of drug-likeness (QED) is 0.917. The molecule has 1 aromatic carbocycles.